The first kappa shape index (κ1) is 15.3. The molecule has 114 valence electrons. The summed E-state index contributed by atoms with van der Waals surface area (Å²) in [5, 5.41) is 3.29. The smallest absolute Gasteiger partial charge is 0.260 e. The highest BCUT2D eigenvalue weighted by atomic mass is 16.5. The molecule has 0 aliphatic carbocycles. The van der Waals surface area contributed by atoms with Gasteiger partial charge in [0.15, 0.2) is 6.61 Å². The molecule has 0 radical (unpaired) electrons. The number of hydrogen-bond donors (Lipinski definition) is 2. The Balaban J connectivity index is 1.82. The van der Waals surface area contributed by atoms with E-state index in [4.69, 9.17) is 10.5 Å². The van der Waals surface area contributed by atoms with Crippen LogP contribution in [0.3, 0.4) is 0 Å². The molecule has 1 aromatic rings. The Labute approximate surface area is 124 Å². The van der Waals surface area contributed by atoms with Gasteiger partial charge in [-0.05, 0) is 24.6 Å². The van der Waals surface area contributed by atoms with E-state index < -0.39 is 0 Å². The molecule has 0 unspecified atom stereocenters. The number of amides is 2. The quantitative estimate of drug-likeness (QED) is 0.794. The van der Waals surface area contributed by atoms with Gasteiger partial charge in [0.2, 0.25) is 5.91 Å². The van der Waals surface area contributed by atoms with E-state index in [1.807, 2.05) is 4.90 Å². The number of carbonyl (C=O) groups is 2. The van der Waals surface area contributed by atoms with E-state index in [0.717, 1.165) is 12.1 Å². The fourth-order valence-corrected chi connectivity index (χ4v) is 2.30. The minimum absolute atomic E-state index is 0.00966. The largest absolute Gasteiger partial charge is 0.484 e. The van der Waals surface area contributed by atoms with Crippen molar-refractivity contribution in [2.24, 2.45) is 5.73 Å². The first-order chi connectivity index (χ1) is 10.0. The van der Waals surface area contributed by atoms with Gasteiger partial charge < -0.3 is 20.7 Å². The summed E-state index contributed by atoms with van der Waals surface area (Å²) in [4.78, 5) is 24.7. The zero-order chi connectivity index (χ0) is 15.2. The molecule has 6 heteroatoms. The molecule has 1 saturated heterocycles. The van der Waals surface area contributed by atoms with E-state index in [1.54, 1.807) is 24.3 Å². The molecule has 1 fully saturated rings. The predicted octanol–water partition coefficient (Wildman–Crippen LogP) is -0.0865. The maximum absolute atomic E-state index is 12.0. The maximum Gasteiger partial charge on any atom is 0.260 e. The number of primary amides is 1. The topological polar surface area (TPSA) is 84.7 Å². The average Bonchev–Trinajstić information content (AvgIpc) is 2.45. The summed E-state index contributed by atoms with van der Waals surface area (Å²) >= 11 is 0. The van der Waals surface area contributed by atoms with E-state index in [0.29, 0.717) is 24.9 Å². The van der Waals surface area contributed by atoms with Crippen molar-refractivity contribution in [2.45, 2.75) is 19.4 Å². The van der Waals surface area contributed by atoms with Gasteiger partial charge in [0.25, 0.3) is 5.91 Å². The molecular formula is C15H21N3O3. The first-order valence-corrected chi connectivity index (χ1v) is 7.06. The zero-order valence-corrected chi connectivity index (χ0v) is 12.2. The van der Waals surface area contributed by atoms with Gasteiger partial charge in [0.05, 0.1) is 6.42 Å². The fourth-order valence-electron chi connectivity index (χ4n) is 2.30. The van der Waals surface area contributed by atoms with Crippen LogP contribution in [-0.4, -0.2) is 49.0 Å². The third-order valence-electron chi connectivity index (χ3n) is 3.39. The van der Waals surface area contributed by atoms with Gasteiger partial charge in [-0.15, -0.1) is 0 Å². The maximum atomic E-state index is 12.0. The summed E-state index contributed by atoms with van der Waals surface area (Å²) in [5.74, 6) is 0.232. The van der Waals surface area contributed by atoms with Crippen LogP contribution in [0, 0.1) is 0 Å². The summed E-state index contributed by atoms with van der Waals surface area (Å²) in [5.41, 5.74) is 5.96. The number of ether oxygens (including phenoxy) is 1. The Kier molecular flexibility index (Phi) is 5.16. The van der Waals surface area contributed by atoms with Crippen LogP contribution in [0.2, 0.25) is 0 Å². The summed E-state index contributed by atoms with van der Waals surface area (Å²) in [6.07, 6.45) is 0.206. The van der Waals surface area contributed by atoms with Crippen LogP contribution in [-0.2, 0) is 16.0 Å². The standard InChI is InChI=1S/C15H21N3O3/c1-11-9-18(7-6-17-11)15(20)10-21-13-4-2-12(3-5-13)8-14(16)19/h2-5,11,17H,6-10H2,1H3,(H2,16,19)/t11-/m1/s1. The molecule has 1 aliphatic heterocycles. The van der Waals surface area contributed by atoms with Crippen LogP contribution in [0.4, 0.5) is 0 Å². The lowest BCUT2D eigenvalue weighted by Gasteiger charge is -2.31. The third-order valence-corrected chi connectivity index (χ3v) is 3.39. The van der Waals surface area contributed by atoms with E-state index in [2.05, 4.69) is 12.2 Å². The number of hydrogen-bond acceptors (Lipinski definition) is 4. The van der Waals surface area contributed by atoms with Crippen LogP contribution in [0.15, 0.2) is 24.3 Å². The zero-order valence-electron chi connectivity index (χ0n) is 12.2. The second-order valence-corrected chi connectivity index (χ2v) is 5.27. The minimum Gasteiger partial charge on any atom is -0.484 e. The molecule has 1 aliphatic rings. The van der Waals surface area contributed by atoms with E-state index >= 15 is 0 Å². The molecule has 1 heterocycles. The molecule has 0 saturated carbocycles. The van der Waals surface area contributed by atoms with Gasteiger partial charge >= 0.3 is 0 Å². The molecule has 3 N–H and O–H groups in total. The normalized spacial score (nSPS) is 18.3. The Hall–Kier alpha value is -2.08. The summed E-state index contributed by atoms with van der Waals surface area (Å²) in [6, 6.07) is 7.35. The van der Waals surface area contributed by atoms with Gasteiger partial charge in [0.1, 0.15) is 5.75 Å². The second-order valence-electron chi connectivity index (χ2n) is 5.27. The molecule has 0 aromatic heterocycles. The lowest BCUT2D eigenvalue weighted by molar-refractivity contribution is -0.134. The molecule has 1 atom stereocenters. The van der Waals surface area contributed by atoms with Crippen LogP contribution in [0.25, 0.3) is 0 Å². The van der Waals surface area contributed by atoms with Crippen molar-refractivity contribution in [3.8, 4) is 5.75 Å². The summed E-state index contributed by atoms with van der Waals surface area (Å²) in [6.45, 7) is 4.32. The van der Waals surface area contributed by atoms with Crippen LogP contribution < -0.4 is 15.8 Å². The second kappa shape index (κ2) is 7.08. The predicted molar refractivity (Wildman–Crippen MR) is 78.9 cm³/mol. The highest BCUT2D eigenvalue weighted by molar-refractivity contribution is 5.78. The number of nitrogens with one attached hydrogen (secondary N) is 1. The summed E-state index contributed by atoms with van der Waals surface area (Å²) in [7, 11) is 0. The average molecular weight is 291 g/mol. The number of rotatable bonds is 5. The van der Waals surface area contributed by atoms with Crippen molar-refractivity contribution in [3.63, 3.8) is 0 Å². The molecule has 6 nitrogen and oxygen atoms in total. The molecular weight excluding hydrogens is 270 g/mol. The van der Waals surface area contributed by atoms with E-state index in [1.165, 1.54) is 0 Å². The van der Waals surface area contributed by atoms with Crippen LogP contribution in [0.1, 0.15) is 12.5 Å². The third kappa shape index (κ3) is 4.75. The summed E-state index contributed by atoms with van der Waals surface area (Å²) < 4.78 is 5.49. The number of nitrogens with zero attached hydrogens (tertiary/aromatic N) is 1. The van der Waals surface area contributed by atoms with Crippen molar-refractivity contribution in [1.82, 2.24) is 10.2 Å². The number of piperazine rings is 1. The molecule has 21 heavy (non-hydrogen) atoms. The minimum atomic E-state index is -0.369. The highest BCUT2D eigenvalue weighted by Gasteiger charge is 2.20. The Morgan fingerprint density at radius 2 is 2.10 bits per heavy atom. The number of nitrogens with two attached hydrogens (primary N) is 1. The van der Waals surface area contributed by atoms with Crippen molar-refractivity contribution < 1.29 is 14.3 Å². The molecule has 0 spiro atoms. The van der Waals surface area contributed by atoms with E-state index in [9.17, 15) is 9.59 Å². The van der Waals surface area contributed by atoms with Crippen molar-refractivity contribution >= 4 is 11.8 Å². The van der Waals surface area contributed by atoms with Gasteiger partial charge in [-0.2, -0.15) is 0 Å². The van der Waals surface area contributed by atoms with Crippen LogP contribution in [0.5, 0.6) is 5.75 Å². The lowest BCUT2D eigenvalue weighted by atomic mass is 10.1. The lowest BCUT2D eigenvalue weighted by Crippen LogP contribution is -2.52. The Morgan fingerprint density at radius 1 is 1.38 bits per heavy atom. The van der Waals surface area contributed by atoms with Gasteiger partial charge in [-0.1, -0.05) is 12.1 Å². The molecule has 2 amide bonds. The monoisotopic (exact) mass is 291 g/mol. The van der Waals surface area contributed by atoms with Crippen molar-refractivity contribution in [3.05, 3.63) is 29.8 Å². The van der Waals surface area contributed by atoms with Crippen molar-refractivity contribution in [1.29, 1.82) is 0 Å². The van der Waals surface area contributed by atoms with Crippen LogP contribution >= 0.6 is 0 Å². The Bertz CT molecular complexity index is 501. The molecule has 0 bridgehead atoms. The first-order valence-electron chi connectivity index (χ1n) is 7.06. The van der Waals surface area contributed by atoms with Gasteiger partial charge in [0, 0.05) is 25.7 Å². The van der Waals surface area contributed by atoms with E-state index in [-0.39, 0.29) is 24.8 Å². The number of benzene rings is 1. The van der Waals surface area contributed by atoms with Gasteiger partial charge in [-0.3, -0.25) is 9.59 Å². The Morgan fingerprint density at radius 3 is 2.71 bits per heavy atom. The highest BCUT2D eigenvalue weighted by Crippen LogP contribution is 2.13. The number of carbonyl (C=O) groups excluding carboxylic acids is 2. The van der Waals surface area contributed by atoms with Crippen molar-refractivity contribution in [2.75, 3.05) is 26.2 Å². The molecule has 1 aromatic carbocycles. The SMILES string of the molecule is C[C@@H]1CN(C(=O)COc2ccc(CC(N)=O)cc2)CCN1. The molecule has 2 rings (SSSR count). The fraction of sp³-hybridized carbons (Fsp3) is 0.467. The van der Waals surface area contributed by atoms with Gasteiger partial charge in [-0.25, -0.2) is 0 Å².